The number of carbonyl (C=O) groups excluding carboxylic acids is 2. The normalized spacial score (nSPS) is 12.0. The van der Waals surface area contributed by atoms with Crippen LogP contribution in [0.15, 0.2) is 48.5 Å². The molecule has 0 heterocycles. The highest BCUT2D eigenvalue weighted by molar-refractivity contribution is 7.92. The molecule has 0 saturated heterocycles. The zero-order valence-corrected chi connectivity index (χ0v) is 21.4. The third kappa shape index (κ3) is 7.48. The third-order valence-corrected chi connectivity index (χ3v) is 6.57. The molecule has 2 amide bonds. The molecule has 0 bridgehead atoms. The number of amides is 2. The number of anilines is 1. The average molecular weight is 490 g/mol. The molecule has 8 nitrogen and oxygen atoms in total. The maximum Gasteiger partial charge on any atom is 0.244 e. The molecular formula is C25H35N3O5S. The average Bonchev–Trinajstić information content (AvgIpc) is 2.81. The Morgan fingerprint density at radius 2 is 1.76 bits per heavy atom. The van der Waals surface area contributed by atoms with Crippen LogP contribution in [0, 0.1) is 6.92 Å². The van der Waals surface area contributed by atoms with Gasteiger partial charge in [0, 0.05) is 19.2 Å². The number of benzene rings is 2. The Balaban J connectivity index is 2.42. The van der Waals surface area contributed by atoms with Gasteiger partial charge in [-0.2, -0.15) is 0 Å². The summed E-state index contributed by atoms with van der Waals surface area (Å²) in [6, 6.07) is 13.5. The van der Waals surface area contributed by atoms with Gasteiger partial charge in [-0.25, -0.2) is 8.42 Å². The fourth-order valence-electron chi connectivity index (χ4n) is 3.56. The highest BCUT2D eigenvalue weighted by Crippen LogP contribution is 2.24. The van der Waals surface area contributed by atoms with E-state index in [1.807, 2.05) is 45.0 Å². The van der Waals surface area contributed by atoms with Crippen molar-refractivity contribution in [2.75, 3.05) is 30.8 Å². The number of nitrogens with zero attached hydrogens (tertiary/aromatic N) is 2. The lowest BCUT2D eigenvalue weighted by Gasteiger charge is -2.33. The van der Waals surface area contributed by atoms with E-state index in [4.69, 9.17) is 4.74 Å². The number of hydrogen-bond donors (Lipinski definition) is 1. The molecule has 186 valence electrons. The predicted molar refractivity (Wildman–Crippen MR) is 134 cm³/mol. The Morgan fingerprint density at radius 3 is 2.32 bits per heavy atom. The fraction of sp³-hybridized carbons (Fsp3) is 0.440. The Hall–Kier alpha value is -3.07. The van der Waals surface area contributed by atoms with E-state index in [1.54, 1.807) is 24.3 Å². The Kier molecular flexibility index (Phi) is 9.92. The molecule has 9 heteroatoms. The van der Waals surface area contributed by atoms with Crippen molar-refractivity contribution >= 4 is 27.5 Å². The molecular weight excluding hydrogens is 454 g/mol. The van der Waals surface area contributed by atoms with E-state index in [1.165, 1.54) is 12.0 Å². The van der Waals surface area contributed by atoms with Crippen LogP contribution in [0.3, 0.4) is 0 Å². The zero-order chi connectivity index (χ0) is 25.3. The molecule has 0 fully saturated rings. The van der Waals surface area contributed by atoms with Gasteiger partial charge in [-0.3, -0.25) is 13.9 Å². The van der Waals surface area contributed by atoms with Gasteiger partial charge >= 0.3 is 0 Å². The second-order valence-electron chi connectivity index (χ2n) is 8.19. The summed E-state index contributed by atoms with van der Waals surface area (Å²) < 4.78 is 31.5. The lowest BCUT2D eigenvalue weighted by molar-refractivity contribution is -0.140. The molecule has 2 rings (SSSR count). The van der Waals surface area contributed by atoms with Gasteiger partial charge < -0.3 is 15.0 Å². The minimum absolute atomic E-state index is 0.187. The molecule has 0 aliphatic heterocycles. The Labute approximate surface area is 202 Å². The third-order valence-electron chi connectivity index (χ3n) is 5.43. The molecule has 0 radical (unpaired) electrons. The van der Waals surface area contributed by atoms with E-state index in [2.05, 4.69) is 5.32 Å². The summed E-state index contributed by atoms with van der Waals surface area (Å²) in [5.41, 5.74) is 2.25. The molecule has 0 aliphatic rings. The second kappa shape index (κ2) is 12.4. The van der Waals surface area contributed by atoms with Crippen LogP contribution in [0.1, 0.15) is 37.8 Å². The van der Waals surface area contributed by atoms with E-state index < -0.39 is 28.5 Å². The van der Waals surface area contributed by atoms with Crippen molar-refractivity contribution < 1.29 is 22.7 Å². The molecule has 2 aromatic carbocycles. The van der Waals surface area contributed by atoms with Crippen LogP contribution in [0.25, 0.3) is 0 Å². The number of nitrogens with one attached hydrogen (secondary N) is 1. The van der Waals surface area contributed by atoms with Crippen molar-refractivity contribution in [1.82, 2.24) is 10.2 Å². The summed E-state index contributed by atoms with van der Waals surface area (Å²) >= 11 is 0. The van der Waals surface area contributed by atoms with Crippen molar-refractivity contribution in [2.24, 2.45) is 0 Å². The predicted octanol–water partition coefficient (Wildman–Crippen LogP) is 3.10. The molecule has 0 spiro atoms. The van der Waals surface area contributed by atoms with Gasteiger partial charge in [-0.15, -0.1) is 0 Å². The highest BCUT2D eigenvalue weighted by Gasteiger charge is 2.31. The number of sulfonamides is 1. The van der Waals surface area contributed by atoms with Crippen LogP contribution in [0.2, 0.25) is 0 Å². The van der Waals surface area contributed by atoms with Crippen molar-refractivity contribution in [3.05, 3.63) is 59.7 Å². The summed E-state index contributed by atoms with van der Waals surface area (Å²) in [5, 5.41) is 2.86. The van der Waals surface area contributed by atoms with Crippen LogP contribution in [-0.2, 0) is 26.2 Å². The number of rotatable bonds is 12. The Bertz CT molecular complexity index is 1070. The van der Waals surface area contributed by atoms with E-state index in [-0.39, 0.29) is 12.5 Å². The maximum absolute atomic E-state index is 13.6. The van der Waals surface area contributed by atoms with Crippen molar-refractivity contribution in [2.45, 2.75) is 46.2 Å². The standard InChI is InChI=1S/C25H35N3O5S/c1-6-15-26-25(30)23(7-2)27(17-20-13-11-19(3)12-14-20)24(29)18-28(34(5,31)32)21-9-8-10-22(16-21)33-4/h8-14,16,23H,6-7,15,17-18H2,1-5H3,(H,26,30)/t23-/m1/s1. The van der Waals surface area contributed by atoms with Gasteiger partial charge in [0.15, 0.2) is 0 Å². The van der Waals surface area contributed by atoms with Crippen LogP contribution in [-0.4, -0.2) is 57.6 Å². The summed E-state index contributed by atoms with van der Waals surface area (Å²) in [6.45, 7) is 6.01. The second-order valence-corrected chi connectivity index (χ2v) is 10.1. The van der Waals surface area contributed by atoms with E-state index in [0.29, 0.717) is 24.4 Å². The number of ether oxygens (including phenoxy) is 1. The first-order chi connectivity index (χ1) is 16.1. The van der Waals surface area contributed by atoms with E-state index in [0.717, 1.165) is 28.1 Å². The summed E-state index contributed by atoms with van der Waals surface area (Å²) in [6.07, 6.45) is 2.21. The monoisotopic (exact) mass is 489 g/mol. The van der Waals surface area contributed by atoms with Gasteiger partial charge in [-0.05, 0) is 37.5 Å². The minimum atomic E-state index is -3.79. The molecule has 1 N–H and O–H groups in total. The number of methoxy groups -OCH3 is 1. The molecule has 0 aromatic heterocycles. The highest BCUT2D eigenvalue weighted by atomic mass is 32.2. The lowest BCUT2D eigenvalue weighted by atomic mass is 10.1. The molecule has 0 unspecified atom stereocenters. The summed E-state index contributed by atoms with van der Waals surface area (Å²) in [7, 11) is -2.30. The largest absolute Gasteiger partial charge is 0.497 e. The Morgan fingerprint density at radius 1 is 1.09 bits per heavy atom. The fourth-order valence-corrected chi connectivity index (χ4v) is 4.40. The first kappa shape index (κ1) is 27.2. The van der Waals surface area contributed by atoms with Gasteiger partial charge in [0.1, 0.15) is 18.3 Å². The quantitative estimate of drug-likeness (QED) is 0.494. The van der Waals surface area contributed by atoms with Crippen molar-refractivity contribution in [1.29, 1.82) is 0 Å². The molecule has 2 aromatic rings. The lowest BCUT2D eigenvalue weighted by Crippen LogP contribution is -2.52. The molecule has 0 saturated carbocycles. The van der Waals surface area contributed by atoms with E-state index in [9.17, 15) is 18.0 Å². The first-order valence-corrected chi connectivity index (χ1v) is 13.2. The summed E-state index contributed by atoms with van der Waals surface area (Å²) in [4.78, 5) is 28.0. The van der Waals surface area contributed by atoms with Gasteiger partial charge in [0.05, 0.1) is 19.1 Å². The van der Waals surface area contributed by atoms with Crippen LogP contribution in [0.5, 0.6) is 5.75 Å². The van der Waals surface area contributed by atoms with Gasteiger partial charge in [-0.1, -0.05) is 49.7 Å². The van der Waals surface area contributed by atoms with Crippen LogP contribution < -0.4 is 14.4 Å². The van der Waals surface area contributed by atoms with Crippen LogP contribution >= 0.6 is 0 Å². The topological polar surface area (TPSA) is 96.0 Å². The molecule has 34 heavy (non-hydrogen) atoms. The van der Waals surface area contributed by atoms with Crippen LogP contribution in [0.4, 0.5) is 5.69 Å². The first-order valence-electron chi connectivity index (χ1n) is 11.3. The smallest absolute Gasteiger partial charge is 0.244 e. The number of hydrogen-bond acceptors (Lipinski definition) is 5. The van der Waals surface area contributed by atoms with Gasteiger partial charge in [0.2, 0.25) is 21.8 Å². The number of aryl methyl sites for hydroxylation is 1. The summed E-state index contributed by atoms with van der Waals surface area (Å²) in [5.74, 6) is -0.245. The van der Waals surface area contributed by atoms with Gasteiger partial charge in [0.25, 0.3) is 0 Å². The minimum Gasteiger partial charge on any atom is -0.497 e. The molecule has 0 aliphatic carbocycles. The van der Waals surface area contributed by atoms with E-state index >= 15 is 0 Å². The van der Waals surface area contributed by atoms with Crippen molar-refractivity contribution in [3.8, 4) is 5.75 Å². The zero-order valence-electron chi connectivity index (χ0n) is 20.6. The SMILES string of the molecule is CCCNC(=O)[C@@H](CC)N(Cc1ccc(C)cc1)C(=O)CN(c1cccc(OC)c1)S(C)(=O)=O. The maximum atomic E-state index is 13.6. The number of carbonyl (C=O) groups is 2. The molecule has 1 atom stereocenters. The van der Waals surface area contributed by atoms with Crippen molar-refractivity contribution in [3.63, 3.8) is 0 Å².